The lowest BCUT2D eigenvalue weighted by Gasteiger charge is -2.11. The van der Waals surface area contributed by atoms with Crippen molar-refractivity contribution in [2.75, 3.05) is 13.2 Å². The minimum atomic E-state index is -2.37. The summed E-state index contributed by atoms with van der Waals surface area (Å²) in [5.74, 6) is -13.0. The lowest BCUT2D eigenvalue weighted by molar-refractivity contribution is 0.0794. The molecule has 19 heavy (non-hydrogen) atoms. The molecule has 0 bridgehead atoms. The molecule has 0 fully saturated rings. The van der Waals surface area contributed by atoms with E-state index < -0.39 is 59.8 Å². The van der Waals surface area contributed by atoms with Crippen molar-refractivity contribution in [2.45, 2.75) is 6.10 Å². The number of amides is 1. The van der Waals surface area contributed by atoms with Crippen molar-refractivity contribution in [1.82, 2.24) is 5.32 Å². The molecule has 3 N–H and O–H groups in total. The van der Waals surface area contributed by atoms with E-state index in [0.29, 0.717) is 0 Å². The van der Waals surface area contributed by atoms with Gasteiger partial charge >= 0.3 is 0 Å². The molecule has 0 radical (unpaired) electrons. The molecule has 0 saturated carbocycles. The van der Waals surface area contributed by atoms with Crippen molar-refractivity contribution in [3.05, 3.63) is 34.6 Å². The van der Waals surface area contributed by atoms with Crippen LogP contribution in [0.5, 0.6) is 0 Å². The van der Waals surface area contributed by atoms with Crippen molar-refractivity contribution >= 4 is 5.91 Å². The number of rotatable bonds is 4. The van der Waals surface area contributed by atoms with Crippen LogP contribution in [0.3, 0.4) is 0 Å². The molecule has 0 aliphatic carbocycles. The van der Waals surface area contributed by atoms with E-state index in [1.807, 2.05) is 0 Å². The molecule has 9 heteroatoms. The van der Waals surface area contributed by atoms with E-state index in [0.717, 1.165) is 0 Å². The predicted octanol–water partition coefficient (Wildman–Crippen LogP) is 0.465. The fourth-order valence-electron chi connectivity index (χ4n) is 1.17. The van der Waals surface area contributed by atoms with Crippen LogP contribution < -0.4 is 5.32 Å². The van der Waals surface area contributed by atoms with Gasteiger partial charge < -0.3 is 15.5 Å². The highest BCUT2D eigenvalue weighted by atomic mass is 19.2. The Morgan fingerprint density at radius 1 is 1.00 bits per heavy atom. The molecule has 0 heterocycles. The zero-order chi connectivity index (χ0) is 14.7. The van der Waals surface area contributed by atoms with E-state index >= 15 is 0 Å². The molecular formula is C10H8F5NO3. The Labute approximate surface area is 103 Å². The Morgan fingerprint density at radius 2 is 1.42 bits per heavy atom. The van der Waals surface area contributed by atoms with Crippen molar-refractivity contribution in [3.63, 3.8) is 0 Å². The van der Waals surface area contributed by atoms with Gasteiger partial charge in [0.1, 0.15) is 5.56 Å². The van der Waals surface area contributed by atoms with E-state index in [1.54, 1.807) is 5.32 Å². The maximum atomic E-state index is 13.2. The number of halogens is 5. The maximum absolute atomic E-state index is 13.2. The summed E-state index contributed by atoms with van der Waals surface area (Å²) in [6, 6.07) is 0. The van der Waals surface area contributed by atoms with E-state index in [4.69, 9.17) is 10.2 Å². The van der Waals surface area contributed by atoms with Crippen molar-refractivity contribution < 1.29 is 37.0 Å². The van der Waals surface area contributed by atoms with Gasteiger partial charge in [0.05, 0.1) is 12.7 Å². The number of aliphatic hydroxyl groups excluding tert-OH is 2. The first-order valence-corrected chi connectivity index (χ1v) is 4.89. The molecular weight excluding hydrogens is 277 g/mol. The highest BCUT2D eigenvalue weighted by Gasteiger charge is 2.29. The number of carbonyl (C=O) groups excluding carboxylic acids is 1. The molecule has 1 atom stereocenters. The van der Waals surface area contributed by atoms with Crippen LogP contribution >= 0.6 is 0 Å². The van der Waals surface area contributed by atoms with Crippen LogP contribution in [0.4, 0.5) is 22.0 Å². The highest BCUT2D eigenvalue weighted by molar-refractivity contribution is 5.94. The van der Waals surface area contributed by atoms with Gasteiger partial charge in [-0.3, -0.25) is 4.79 Å². The van der Waals surface area contributed by atoms with Crippen LogP contribution in [-0.2, 0) is 0 Å². The smallest absolute Gasteiger partial charge is 0.257 e. The summed E-state index contributed by atoms with van der Waals surface area (Å²) in [6.45, 7) is -1.37. The second-order valence-corrected chi connectivity index (χ2v) is 3.49. The Kier molecular flexibility index (Phi) is 4.78. The van der Waals surface area contributed by atoms with Crippen LogP contribution in [0, 0.1) is 29.1 Å². The molecule has 0 spiro atoms. The predicted molar refractivity (Wildman–Crippen MR) is 51.7 cm³/mol. The van der Waals surface area contributed by atoms with E-state index in [9.17, 15) is 26.7 Å². The fraction of sp³-hybridized carbons (Fsp3) is 0.300. The fourth-order valence-corrected chi connectivity index (χ4v) is 1.17. The monoisotopic (exact) mass is 285 g/mol. The van der Waals surface area contributed by atoms with Gasteiger partial charge in [-0.1, -0.05) is 0 Å². The topological polar surface area (TPSA) is 69.6 Å². The zero-order valence-corrected chi connectivity index (χ0v) is 9.18. The summed E-state index contributed by atoms with van der Waals surface area (Å²) in [7, 11) is 0. The van der Waals surface area contributed by atoms with E-state index in [-0.39, 0.29) is 0 Å². The molecule has 1 aromatic carbocycles. The average Bonchev–Trinajstić information content (AvgIpc) is 2.40. The first kappa shape index (κ1) is 15.3. The van der Waals surface area contributed by atoms with Crippen LogP contribution in [0.1, 0.15) is 10.4 Å². The molecule has 0 aliphatic heterocycles. The number of benzene rings is 1. The van der Waals surface area contributed by atoms with Gasteiger partial charge in [-0.2, -0.15) is 0 Å². The van der Waals surface area contributed by atoms with Crippen LogP contribution in [-0.4, -0.2) is 35.4 Å². The summed E-state index contributed by atoms with van der Waals surface area (Å²) in [4.78, 5) is 11.3. The van der Waals surface area contributed by atoms with Gasteiger partial charge in [-0.25, -0.2) is 22.0 Å². The van der Waals surface area contributed by atoms with Crippen LogP contribution in [0.15, 0.2) is 0 Å². The zero-order valence-electron chi connectivity index (χ0n) is 9.18. The summed E-state index contributed by atoms with van der Waals surface area (Å²) in [5, 5.41) is 19.0. The first-order chi connectivity index (χ1) is 8.81. The Hall–Kier alpha value is -1.74. The minimum Gasteiger partial charge on any atom is -0.394 e. The van der Waals surface area contributed by atoms with Gasteiger partial charge in [0.2, 0.25) is 5.82 Å². The molecule has 106 valence electrons. The molecule has 0 aromatic heterocycles. The van der Waals surface area contributed by atoms with Gasteiger partial charge in [0.25, 0.3) is 5.91 Å². The molecule has 1 rings (SSSR count). The lowest BCUT2D eigenvalue weighted by Crippen LogP contribution is -2.35. The molecule has 0 saturated heterocycles. The SMILES string of the molecule is O=C(NCC(O)CO)c1c(F)c(F)c(F)c(F)c1F. The third-order valence-corrected chi connectivity index (χ3v) is 2.15. The van der Waals surface area contributed by atoms with Crippen molar-refractivity contribution in [3.8, 4) is 0 Å². The maximum Gasteiger partial charge on any atom is 0.257 e. The van der Waals surface area contributed by atoms with Crippen LogP contribution in [0.25, 0.3) is 0 Å². The average molecular weight is 285 g/mol. The third-order valence-electron chi connectivity index (χ3n) is 2.15. The number of nitrogens with one attached hydrogen (secondary N) is 1. The highest BCUT2D eigenvalue weighted by Crippen LogP contribution is 2.22. The second kappa shape index (κ2) is 5.93. The molecule has 1 unspecified atom stereocenters. The molecule has 4 nitrogen and oxygen atoms in total. The Balaban J connectivity index is 3.10. The van der Waals surface area contributed by atoms with Gasteiger partial charge in [-0.15, -0.1) is 0 Å². The summed E-state index contributed by atoms with van der Waals surface area (Å²) < 4.78 is 64.6. The number of hydrogen-bond donors (Lipinski definition) is 3. The number of hydrogen-bond acceptors (Lipinski definition) is 3. The molecule has 0 aliphatic rings. The normalized spacial score (nSPS) is 12.4. The molecule has 1 aromatic rings. The minimum absolute atomic E-state index is 0.616. The first-order valence-electron chi connectivity index (χ1n) is 4.89. The van der Waals surface area contributed by atoms with Crippen molar-refractivity contribution in [1.29, 1.82) is 0 Å². The largest absolute Gasteiger partial charge is 0.394 e. The van der Waals surface area contributed by atoms with Crippen molar-refractivity contribution in [2.24, 2.45) is 0 Å². The summed E-state index contributed by atoms with van der Waals surface area (Å²) in [6.07, 6.45) is -1.43. The van der Waals surface area contributed by atoms with E-state index in [1.165, 1.54) is 0 Å². The number of aliphatic hydroxyl groups is 2. The standard InChI is InChI=1S/C10H8F5NO3/c11-5-4(10(19)16-1-3(18)2-17)6(12)8(14)9(15)7(5)13/h3,17-18H,1-2H2,(H,16,19). The molecule has 1 amide bonds. The summed E-state index contributed by atoms with van der Waals surface area (Å²) in [5.41, 5.74) is -1.65. The van der Waals surface area contributed by atoms with Crippen LogP contribution in [0.2, 0.25) is 0 Å². The van der Waals surface area contributed by atoms with Gasteiger partial charge in [0, 0.05) is 6.54 Å². The third kappa shape index (κ3) is 2.99. The Morgan fingerprint density at radius 3 is 1.84 bits per heavy atom. The number of carbonyl (C=O) groups is 1. The quantitative estimate of drug-likeness (QED) is 0.428. The lowest BCUT2D eigenvalue weighted by atomic mass is 10.1. The second-order valence-electron chi connectivity index (χ2n) is 3.49. The Bertz CT molecular complexity index is 479. The van der Waals surface area contributed by atoms with Gasteiger partial charge in [0.15, 0.2) is 23.3 Å². The summed E-state index contributed by atoms with van der Waals surface area (Å²) >= 11 is 0. The van der Waals surface area contributed by atoms with Gasteiger partial charge in [-0.05, 0) is 0 Å². The van der Waals surface area contributed by atoms with E-state index in [2.05, 4.69) is 0 Å².